The van der Waals surface area contributed by atoms with Crippen LogP contribution in [0, 0.1) is 0 Å². The molecule has 2 heterocycles. The maximum Gasteiger partial charge on any atom is 0.124 e. The van der Waals surface area contributed by atoms with Crippen LogP contribution in [-0.2, 0) is 4.08 Å². The first-order valence-electron chi connectivity index (χ1n) is 7.83. The third-order valence-corrected chi connectivity index (χ3v) is 8.73. The number of hydrogen-bond acceptors (Lipinski definition) is 3. The first kappa shape index (κ1) is 14.5. The first-order chi connectivity index (χ1) is 10.7. The van der Waals surface area contributed by atoms with Crippen LogP contribution >= 0.6 is 23.5 Å². The van der Waals surface area contributed by atoms with Gasteiger partial charge in [0.25, 0.3) is 0 Å². The Hall–Kier alpha value is -1.06. The van der Waals surface area contributed by atoms with E-state index in [1.54, 1.807) is 0 Å². The SMILES string of the molecule is C[C@H]1SC2(S[C@@H]1C)c1ccccc1OC[C@@H]2c1ccccc1. The summed E-state index contributed by atoms with van der Waals surface area (Å²) in [6.45, 7) is 5.48. The van der Waals surface area contributed by atoms with Crippen LogP contribution in [0.3, 0.4) is 0 Å². The Labute approximate surface area is 140 Å². The molecule has 2 aliphatic heterocycles. The van der Waals surface area contributed by atoms with Crippen molar-refractivity contribution < 1.29 is 4.74 Å². The van der Waals surface area contributed by atoms with Crippen LogP contribution in [0.4, 0.5) is 0 Å². The van der Waals surface area contributed by atoms with Gasteiger partial charge in [-0.25, -0.2) is 0 Å². The Kier molecular flexibility index (Phi) is 3.66. The molecule has 0 N–H and O–H groups in total. The molecule has 1 nitrogen and oxygen atoms in total. The molecule has 0 aromatic heterocycles. The van der Waals surface area contributed by atoms with Crippen molar-refractivity contribution >= 4 is 23.5 Å². The molecular weight excluding hydrogens is 308 g/mol. The zero-order valence-electron chi connectivity index (χ0n) is 12.9. The van der Waals surface area contributed by atoms with Gasteiger partial charge in [-0.2, -0.15) is 0 Å². The van der Waals surface area contributed by atoms with Gasteiger partial charge in [-0.3, -0.25) is 0 Å². The molecule has 0 unspecified atom stereocenters. The van der Waals surface area contributed by atoms with E-state index in [1.165, 1.54) is 11.1 Å². The van der Waals surface area contributed by atoms with E-state index in [0.717, 1.165) is 12.4 Å². The molecule has 22 heavy (non-hydrogen) atoms. The highest BCUT2D eigenvalue weighted by molar-refractivity contribution is 8.21. The summed E-state index contributed by atoms with van der Waals surface area (Å²) >= 11 is 4.25. The van der Waals surface area contributed by atoms with Gasteiger partial charge in [-0.15, -0.1) is 23.5 Å². The topological polar surface area (TPSA) is 9.23 Å². The summed E-state index contributed by atoms with van der Waals surface area (Å²) in [6.07, 6.45) is 0. The Morgan fingerprint density at radius 2 is 1.55 bits per heavy atom. The summed E-state index contributed by atoms with van der Waals surface area (Å²) in [5, 5.41) is 1.31. The highest BCUT2D eigenvalue weighted by Gasteiger charge is 2.53. The van der Waals surface area contributed by atoms with Crippen molar-refractivity contribution in [1.82, 2.24) is 0 Å². The first-order valence-corrected chi connectivity index (χ1v) is 9.59. The molecule has 2 aromatic rings. The van der Waals surface area contributed by atoms with Gasteiger partial charge in [-0.1, -0.05) is 62.4 Å². The summed E-state index contributed by atoms with van der Waals surface area (Å²) in [6, 6.07) is 19.5. The van der Waals surface area contributed by atoms with Crippen LogP contribution in [0.25, 0.3) is 0 Å². The highest BCUT2D eigenvalue weighted by Crippen LogP contribution is 2.67. The van der Waals surface area contributed by atoms with E-state index >= 15 is 0 Å². The molecule has 0 aliphatic carbocycles. The average Bonchev–Trinajstić information content (AvgIpc) is 2.84. The van der Waals surface area contributed by atoms with E-state index in [0.29, 0.717) is 16.4 Å². The van der Waals surface area contributed by atoms with Gasteiger partial charge < -0.3 is 4.74 Å². The maximum absolute atomic E-state index is 6.12. The fraction of sp³-hybridized carbons (Fsp3) is 0.368. The van der Waals surface area contributed by atoms with Crippen LogP contribution in [0.5, 0.6) is 5.75 Å². The second-order valence-electron chi connectivity index (χ2n) is 6.08. The van der Waals surface area contributed by atoms with Crippen LogP contribution in [0.1, 0.15) is 30.9 Å². The van der Waals surface area contributed by atoms with E-state index < -0.39 is 0 Å². The van der Waals surface area contributed by atoms with Crippen molar-refractivity contribution in [1.29, 1.82) is 0 Å². The van der Waals surface area contributed by atoms with Crippen LogP contribution < -0.4 is 4.74 Å². The number of para-hydroxylation sites is 1. The average molecular weight is 329 g/mol. The molecule has 4 rings (SSSR count). The van der Waals surface area contributed by atoms with E-state index in [9.17, 15) is 0 Å². The normalized spacial score (nSPS) is 29.1. The molecule has 0 radical (unpaired) electrons. The van der Waals surface area contributed by atoms with Crippen LogP contribution in [0.2, 0.25) is 0 Å². The quantitative estimate of drug-likeness (QED) is 0.705. The molecule has 2 aromatic carbocycles. The summed E-state index contributed by atoms with van der Waals surface area (Å²) in [5.74, 6) is 1.46. The van der Waals surface area contributed by atoms with Gasteiger partial charge in [-0.05, 0) is 11.6 Å². The summed E-state index contributed by atoms with van der Waals surface area (Å²) in [5.41, 5.74) is 2.75. The molecule has 0 bridgehead atoms. The van der Waals surface area contributed by atoms with E-state index in [4.69, 9.17) is 4.74 Å². The molecular formula is C19H20OS2. The highest BCUT2D eigenvalue weighted by atomic mass is 32.2. The van der Waals surface area contributed by atoms with Crippen molar-refractivity contribution in [2.24, 2.45) is 0 Å². The van der Waals surface area contributed by atoms with Crippen molar-refractivity contribution in [2.75, 3.05) is 6.61 Å². The Morgan fingerprint density at radius 3 is 2.27 bits per heavy atom. The van der Waals surface area contributed by atoms with Gasteiger partial charge in [0.15, 0.2) is 0 Å². The number of fused-ring (bicyclic) bond motifs is 2. The number of ether oxygens (including phenoxy) is 1. The predicted octanol–water partition coefficient (Wildman–Crippen LogP) is 5.27. The number of thioether (sulfide) groups is 2. The van der Waals surface area contributed by atoms with Crippen LogP contribution in [-0.4, -0.2) is 17.1 Å². The zero-order valence-corrected chi connectivity index (χ0v) is 14.5. The van der Waals surface area contributed by atoms with E-state index in [1.807, 2.05) is 0 Å². The Bertz CT molecular complexity index is 660. The smallest absolute Gasteiger partial charge is 0.124 e. The minimum absolute atomic E-state index is 0.0784. The fourth-order valence-electron chi connectivity index (χ4n) is 3.41. The lowest BCUT2D eigenvalue weighted by molar-refractivity contribution is 0.253. The second-order valence-corrected chi connectivity index (χ2v) is 9.59. The van der Waals surface area contributed by atoms with Crippen molar-refractivity contribution in [3.05, 3.63) is 65.7 Å². The third kappa shape index (κ3) is 2.17. The van der Waals surface area contributed by atoms with Gasteiger partial charge in [0.05, 0.1) is 6.61 Å². The molecule has 114 valence electrons. The second kappa shape index (κ2) is 5.54. The number of benzene rings is 2. The summed E-state index contributed by atoms with van der Waals surface area (Å²) in [7, 11) is 0. The lowest BCUT2D eigenvalue weighted by Crippen LogP contribution is -2.34. The summed E-state index contributed by atoms with van der Waals surface area (Å²) < 4.78 is 6.20. The van der Waals surface area contributed by atoms with Gasteiger partial charge in [0.1, 0.15) is 9.83 Å². The third-order valence-electron chi connectivity index (χ3n) is 4.71. The summed E-state index contributed by atoms with van der Waals surface area (Å²) in [4.78, 5) is 0. The Morgan fingerprint density at radius 1 is 0.909 bits per heavy atom. The lowest BCUT2D eigenvalue weighted by Gasteiger charge is -2.41. The van der Waals surface area contributed by atoms with E-state index in [2.05, 4.69) is 92.0 Å². The molecule has 3 atom stereocenters. The minimum atomic E-state index is 0.0784. The van der Waals surface area contributed by atoms with Crippen molar-refractivity contribution in [3.63, 3.8) is 0 Å². The van der Waals surface area contributed by atoms with Crippen LogP contribution in [0.15, 0.2) is 54.6 Å². The van der Waals surface area contributed by atoms with Crippen molar-refractivity contribution in [3.8, 4) is 5.75 Å². The zero-order chi connectivity index (χ0) is 15.2. The molecule has 3 heteroatoms. The van der Waals surface area contributed by atoms with Crippen molar-refractivity contribution in [2.45, 2.75) is 34.3 Å². The number of hydrogen-bond donors (Lipinski definition) is 0. The molecule has 0 amide bonds. The van der Waals surface area contributed by atoms with Gasteiger partial charge in [0, 0.05) is 22.0 Å². The largest absolute Gasteiger partial charge is 0.492 e. The fourth-order valence-corrected chi connectivity index (χ4v) is 7.70. The molecule has 1 fully saturated rings. The monoisotopic (exact) mass is 328 g/mol. The predicted molar refractivity (Wildman–Crippen MR) is 96.9 cm³/mol. The standard InChI is InChI=1S/C19H20OS2/c1-13-14(2)22-19(21-13)16-10-6-7-11-18(16)20-12-17(19)15-8-4-3-5-9-15/h3-11,13-14,17H,12H2,1-2H3/t13-,14-,17-/m1/s1. The lowest BCUT2D eigenvalue weighted by atomic mass is 9.89. The van der Waals surface area contributed by atoms with Gasteiger partial charge >= 0.3 is 0 Å². The molecule has 0 saturated carbocycles. The number of rotatable bonds is 1. The van der Waals surface area contributed by atoms with E-state index in [-0.39, 0.29) is 4.08 Å². The molecule has 2 aliphatic rings. The minimum Gasteiger partial charge on any atom is -0.492 e. The Balaban J connectivity index is 1.87. The molecule has 1 spiro atoms. The van der Waals surface area contributed by atoms with Gasteiger partial charge in [0.2, 0.25) is 0 Å². The maximum atomic E-state index is 6.12. The molecule has 1 saturated heterocycles.